The van der Waals surface area contributed by atoms with Gasteiger partial charge in [0.2, 0.25) is 0 Å². The summed E-state index contributed by atoms with van der Waals surface area (Å²) in [5, 5.41) is 19.6. The molecule has 0 aliphatic carbocycles. The van der Waals surface area contributed by atoms with Crippen molar-refractivity contribution in [3.8, 4) is 0 Å². The Kier molecular flexibility index (Phi) is 2.58. The average molecular weight is 204 g/mol. The van der Waals surface area contributed by atoms with E-state index < -0.39 is 12.2 Å². The van der Waals surface area contributed by atoms with Crippen LogP contribution >= 0.6 is 0 Å². The second-order valence-electron chi connectivity index (χ2n) is 3.36. The molecule has 3 nitrogen and oxygen atoms in total. The van der Waals surface area contributed by atoms with E-state index >= 15 is 0 Å². The lowest BCUT2D eigenvalue weighted by Gasteiger charge is -2.23. The number of aliphatic hydroxyl groups is 2. The van der Waals surface area contributed by atoms with Crippen LogP contribution in [0.3, 0.4) is 0 Å². The van der Waals surface area contributed by atoms with Gasteiger partial charge in [-0.05, 0) is 17.7 Å². The van der Waals surface area contributed by atoms with Crippen molar-refractivity contribution in [2.75, 3.05) is 6.61 Å². The number of aliphatic hydroxyl groups excluding tert-OH is 1. The van der Waals surface area contributed by atoms with E-state index in [1.165, 1.54) is 6.26 Å². The van der Waals surface area contributed by atoms with Gasteiger partial charge in [-0.3, -0.25) is 0 Å². The Hall–Kier alpha value is -1.58. The number of furan rings is 1. The fourth-order valence-electron chi connectivity index (χ4n) is 1.54. The maximum atomic E-state index is 10.3. The highest BCUT2D eigenvalue weighted by atomic mass is 16.4. The molecule has 0 aliphatic heterocycles. The molecular formula is C12H12O3. The van der Waals surface area contributed by atoms with Crippen LogP contribution in [0.2, 0.25) is 0 Å². The molecule has 78 valence electrons. The van der Waals surface area contributed by atoms with Crippen molar-refractivity contribution in [2.45, 2.75) is 5.60 Å². The average Bonchev–Trinajstić information content (AvgIpc) is 2.83. The Morgan fingerprint density at radius 1 is 1.07 bits per heavy atom. The Morgan fingerprint density at radius 3 is 2.33 bits per heavy atom. The predicted octanol–water partition coefficient (Wildman–Crippen LogP) is 1.51. The van der Waals surface area contributed by atoms with Crippen molar-refractivity contribution in [1.29, 1.82) is 0 Å². The van der Waals surface area contributed by atoms with Crippen LogP contribution in [0.25, 0.3) is 0 Å². The molecule has 1 aromatic carbocycles. The maximum Gasteiger partial charge on any atom is 0.170 e. The first kappa shape index (κ1) is 9.96. The van der Waals surface area contributed by atoms with Gasteiger partial charge in [0.25, 0.3) is 0 Å². The fraction of sp³-hybridized carbons (Fsp3) is 0.167. The number of benzene rings is 1. The molecule has 0 bridgehead atoms. The Balaban J connectivity index is 2.47. The Bertz CT molecular complexity index is 408. The summed E-state index contributed by atoms with van der Waals surface area (Å²) in [5.74, 6) is 0.344. The summed E-state index contributed by atoms with van der Waals surface area (Å²) in [6, 6.07) is 12.3. The number of hydrogen-bond acceptors (Lipinski definition) is 3. The summed E-state index contributed by atoms with van der Waals surface area (Å²) in [5.41, 5.74) is -0.840. The molecule has 1 heterocycles. The summed E-state index contributed by atoms with van der Waals surface area (Å²) in [4.78, 5) is 0. The Labute approximate surface area is 87.6 Å². The molecule has 0 fully saturated rings. The lowest BCUT2D eigenvalue weighted by Crippen LogP contribution is -2.30. The zero-order valence-electron chi connectivity index (χ0n) is 8.13. The molecule has 2 aromatic rings. The first-order valence-corrected chi connectivity index (χ1v) is 4.70. The van der Waals surface area contributed by atoms with Crippen LogP contribution in [0.5, 0.6) is 0 Å². The molecular weight excluding hydrogens is 192 g/mol. The monoisotopic (exact) mass is 204 g/mol. The minimum absolute atomic E-state index is 0.344. The van der Waals surface area contributed by atoms with Gasteiger partial charge in [-0.25, -0.2) is 0 Å². The second-order valence-corrected chi connectivity index (χ2v) is 3.36. The third kappa shape index (κ3) is 1.67. The highest BCUT2D eigenvalue weighted by Crippen LogP contribution is 2.29. The van der Waals surface area contributed by atoms with Crippen molar-refractivity contribution in [2.24, 2.45) is 0 Å². The van der Waals surface area contributed by atoms with Crippen molar-refractivity contribution in [3.63, 3.8) is 0 Å². The zero-order valence-corrected chi connectivity index (χ0v) is 8.13. The van der Waals surface area contributed by atoms with Crippen molar-refractivity contribution in [3.05, 3.63) is 60.1 Å². The third-order valence-corrected chi connectivity index (χ3v) is 2.41. The highest BCUT2D eigenvalue weighted by Gasteiger charge is 2.33. The van der Waals surface area contributed by atoms with E-state index in [-0.39, 0.29) is 0 Å². The smallest absolute Gasteiger partial charge is 0.170 e. The van der Waals surface area contributed by atoms with E-state index in [0.717, 1.165) is 0 Å². The quantitative estimate of drug-likeness (QED) is 0.796. The van der Waals surface area contributed by atoms with Crippen LogP contribution in [0, 0.1) is 0 Å². The molecule has 0 saturated carbocycles. The van der Waals surface area contributed by atoms with E-state index in [9.17, 15) is 10.2 Å². The van der Waals surface area contributed by atoms with Gasteiger partial charge in [0.15, 0.2) is 5.60 Å². The van der Waals surface area contributed by atoms with Gasteiger partial charge in [-0.2, -0.15) is 0 Å². The standard InChI is InChI=1S/C12H12O3/c13-9-12(14,11-7-4-8-15-11)10-5-2-1-3-6-10/h1-8,13-14H,9H2/t12-/m0/s1. The molecule has 0 unspecified atom stereocenters. The predicted molar refractivity (Wildman–Crippen MR) is 55.2 cm³/mol. The molecule has 2 rings (SSSR count). The van der Waals surface area contributed by atoms with E-state index in [1.54, 1.807) is 36.4 Å². The molecule has 0 saturated heterocycles. The van der Waals surface area contributed by atoms with Crippen molar-refractivity contribution >= 4 is 0 Å². The van der Waals surface area contributed by atoms with E-state index in [0.29, 0.717) is 11.3 Å². The van der Waals surface area contributed by atoms with Crippen LogP contribution in [-0.2, 0) is 5.60 Å². The van der Waals surface area contributed by atoms with Crippen LogP contribution in [0.4, 0.5) is 0 Å². The fourth-order valence-corrected chi connectivity index (χ4v) is 1.54. The summed E-state index contributed by atoms with van der Waals surface area (Å²) >= 11 is 0. The minimum atomic E-state index is -1.45. The van der Waals surface area contributed by atoms with Gasteiger partial charge in [-0.1, -0.05) is 30.3 Å². The maximum absolute atomic E-state index is 10.3. The lowest BCUT2D eigenvalue weighted by molar-refractivity contribution is -0.000216. The molecule has 2 N–H and O–H groups in total. The van der Waals surface area contributed by atoms with Gasteiger partial charge in [-0.15, -0.1) is 0 Å². The van der Waals surface area contributed by atoms with E-state index in [4.69, 9.17) is 4.42 Å². The zero-order chi connectivity index (χ0) is 10.7. The van der Waals surface area contributed by atoms with Gasteiger partial charge >= 0.3 is 0 Å². The molecule has 1 atom stereocenters. The van der Waals surface area contributed by atoms with Crippen LogP contribution in [0.1, 0.15) is 11.3 Å². The minimum Gasteiger partial charge on any atom is -0.466 e. The summed E-state index contributed by atoms with van der Waals surface area (Å²) < 4.78 is 5.13. The molecule has 0 radical (unpaired) electrons. The third-order valence-electron chi connectivity index (χ3n) is 2.41. The van der Waals surface area contributed by atoms with Crippen LogP contribution in [-0.4, -0.2) is 16.8 Å². The second kappa shape index (κ2) is 3.88. The molecule has 15 heavy (non-hydrogen) atoms. The largest absolute Gasteiger partial charge is 0.466 e. The highest BCUT2D eigenvalue weighted by molar-refractivity contribution is 5.30. The summed E-state index contributed by atoms with van der Waals surface area (Å²) in [6.07, 6.45) is 1.47. The lowest BCUT2D eigenvalue weighted by atomic mass is 9.92. The molecule has 3 heteroatoms. The normalized spacial score (nSPS) is 14.8. The first-order chi connectivity index (χ1) is 7.27. The molecule has 0 spiro atoms. The molecule has 0 aliphatic rings. The molecule has 0 amide bonds. The van der Waals surface area contributed by atoms with E-state index in [2.05, 4.69) is 0 Å². The first-order valence-electron chi connectivity index (χ1n) is 4.70. The van der Waals surface area contributed by atoms with Crippen LogP contribution in [0.15, 0.2) is 53.1 Å². The summed E-state index contributed by atoms with van der Waals surface area (Å²) in [7, 11) is 0. The number of rotatable bonds is 3. The summed E-state index contributed by atoms with van der Waals surface area (Å²) in [6.45, 7) is -0.412. The molecule has 1 aromatic heterocycles. The Morgan fingerprint density at radius 2 is 1.80 bits per heavy atom. The number of hydrogen-bond donors (Lipinski definition) is 2. The topological polar surface area (TPSA) is 53.6 Å². The van der Waals surface area contributed by atoms with Gasteiger partial charge in [0.1, 0.15) is 5.76 Å². The SMILES string of the molecule is OC[C@](O)(c1ccccc1)c1ccco1. The van der Waals surface area contributed by atoms with Crippen molar-refractivity contribution in [1.82, 2.24) is 0 Å². The van der Waals surface area contributed by atoms with Gasteiger partial charge in [0, 0.05) is 0 Å². The van der Waals surface area contributed by atoms with Crippen molar-refractivity contribution < 1.29 is 14.6 Å². The van der Waals surface area contributed by atoms with Crippen LogP contribution < -0.4 is 0 Å². The van der Waals surface area contributed by atoms with E-state index in [1.807, 2.05) is 6.07 Å². The van der Waals surface area contributed by atoms with Gasteiger partial charge < -0.3 is 14.6 Å². The van der Waals surface area contributed by atoms with Gasteiger partial charge in [0.05, 0.1) is 12.9 Å².